The fourth-order valence-corrected chi connectivity index (χ4v) is 4.93. The smallest absolute Gasteiger partial charge is 0.381 e. The van der Waals surface area contributed by atoms with Crippen LogP contribution in [0, 0.1) is 5.92 Å². The zero-order valence-corrected chi connectivity index (χ0v) is 18.4. The molecule has 3 aromatic rings. The van der Waals surface area contributed by atoms with Crippen molar-refractivity contribution in [2.24, 2.45) is 5.92 Å². The Morgan fingerprint density at radius 2 is 1.76 bits per heavy atom. The molecule has 0 saturated carbocycles. The predicted molar refractivity (Wildman–Crippen MR) is 113 cm³/mol. The number of hydrogen-bond acceptors (Lipinski definition) is 4. The maximum atomic E-state index is 13.4. The third kappa shape index (κ3) is 4.31. The molecule has 5 nitrogen and oxygen atoms in total. The second kappa shape index (κ2) is 8.30. The molecule has 12 heteroatoms. The summed E-state index contributed by atoms with van der Waals surface area (Å²) in [5.74, 6) is -0.491. The van der Waals surface area contributed by atoms with Gasteiger partial charge in [-0.25, -0.2) is 9.97 Å². The molecule has 1 fully saturated rings. The molecular weight excluding hydrogens is 486 g/mol. The third-order valence-electron chi connectivity index (χ3n) is 6.35. The first-order chi connectivity index (χ1) is 16.0. The predicted octanol–water partition coefficient (Wildman–Crippen LogP) is 6.18. The maximum Gasteiger partial charge on any atom is 0.433 e. The van der Waals surface area contributed by atoms with Gasteiger partial charge in [-0.3, -0.25) is 0 Å². The average molecular weight is 505 g/mol. The Bertz CT molecular complexity index is 1190. The van der Waals surface area contributed by atoms with Crippen LogP contribution in [0.5, 0.6) is 0 Å². The molecule has 2 aliphatic rings. The van der Waals surface area contributed by atoms with Gasteiger partial charge >= 0.3 is 12.4 Å². The van der Waals surface area contributed by atoms with Crippen molar-refractivity contribution in [1.29, 1.82) is 0 Å². The zero-order chi connectivity index (χ0) is 24.3. The molecule has 5 rings (SSSR count). The van der Waals surface area contributed by atoms with E-state index in [0.717, 1.165) is 28.6 Å². The van der Waals surface area contributed by atoms with E-state index in [1.165, 1.54) is 4.90 Å². The van der Waals surface area contributed by atoms with E-state index in [9.17, 15) is 26.3 Å². The second-order valence-electron chi connectivity index (χ2n) is 8.57. The Labute approximate surface area is 195 Å². The van der Waals surface area contributed by atoms with E-state index < -0.39 is 35.7 Å². The lowest BCUT2D eigenvalue weighted by atomic mass is 9.90. The van der Waals surface area contributed by atoms with Crippen molar-refractivity contribution in [1.82, 2.24) is 15.0 Å². The molecule has 1 aromatic carbocycles. The maximum absolute atomic E-state index is 13.4. The number of H-pyrrole nitrogens is 1. The Kier molecular flexibility index (Phi) is 5.67. The number of anilines is 1. The van der Waals surface area contributed by atoms with Gasteiger partial charge in [-0.15, -0.1) is 0 Å². The summed E-state index contributed by atoms with van der Waals surface area (Å²) >= 11 is 6.16. The number of ether oxygens (including phenoxy) is 1. The van der Waals surface area contributed by atoms with E-state index >= 15 is 0 Å². The van der Waals surface area contributed by atoms with Gasteiger partial charge in [0.05, 0.1) is 6.04 Å². The molecule has 0 radical (unpaired) electrons. The number of hydrogen-bond donors (Lipinski definition) is 1. The van der Waals surface area contributed by atoms with Crippen LogP contribution in [0.3, 0.4) is 0 Å². The summed E-state index contributed by atoms with van der Waals surface area (Å²) in [5.41, 5.74) is -0.778. The summed E-state index contributed by atoms with van der Waals surface area (Å²) in [4.78, 5) is 11.8. The van der Waals surface area contributed by atoms with Gasteiger partial charge in [0.25, 0.3) is 0 Å². The monoisotopic (exact) mass is 504 g/mol. The van der Waals surface area contributed by atoms with E-state index in [4.69, 9.17) is 16.3 Å². The van der Waals surface area contributed by atoms with E-state index in [2.05, 4.69) is 15.0 Å². The number of rotatable bonds is 3. The lowest BCUT2D eigenvalue weighted by molar-refractivity contribution is -0.147. The van der Waals surface area contributed by atoms with Crippen LogP contribution in [0.1, 0.15) is 41.5 Å². The minimum atomic E-state index is -5.05. The van der Waals surface area contributed by atoms with Gasteiger partial charge in [0.1, 0.15) is 0 Å². The van der Waals surface area contributed by atoms with Crippen LogP contribution < -0.4 is 4.90 Å². The Hall–Kier alpha value is -2.53. The van der Waals surface area contributed by atoms with E-state index in [1.807, 2.05) is 0 Å². The lowest BCUT2D eigenvalue weighted by Gasteiger charge is -2.37. The quantitative estimate of drug-likeness (QED) is 0.433. The largest absolute Gasteiger partial charge is 0.433 e. The third-order valence-corrected chi connectivity index (χ3v) is 6.58. The molecule has 34 heavy (non-hydrogen) atoms. The first kappa shape index (κ1) is 23.2. The van der Waals surface area contributed by atoms with E-state index in [-0.39, 0.29) is 18.5 Å². The SMILES string of the molecule is FC(F)(F)c1cc(C(F)(F)F)nc(N2CCc3c([nH]c4ccc(Cl)cc34)[C@@H]2CC2CCOC2)n1. The van der Waals surface area contributed by atoms with Gasteiger partial charge in [-0.2, -0.15) is 26.3 Å². The first-order valence-corrected chi connectivity index (χ1v) is 11.1. The standard InChI is InChI=1S/C22H19ClF6N4O/c23-12-1-2-15-14(8-12)13-3-5-33(16(19(13)30-15)7-11-4-6-34-10-11)20-31-17(21(24,25)26)9-18(32-20)22(27,28)29/h1-2,8-9,11,16,30H,3-7,10H2/t11?,16-/m0/s1. The lowest BCUT2D eigenvalue weighted by Crippen LogP contribution is -2.38. The highest BCUT2D eigenvalue weighted by atomic mass is 35.5. The molecule has 4 heterocycles. The molecule has 182 valence electrons. The van der Waals surface area contributed by atoms with Crippen molar-refractivity contribution in [3.05, 3.63) is 51.9 Å². The van der Waals surface area contributed by atoms with Crippen molar-refractivity contribution < 1.29 is 31.1 Å². The number of fused-ring (bicyclic) bond motifs is 3. The molecule has 1 unspecified atom stereocenters. The highest BCUT2D eigenvalue weighted by Gasteiger charge is 2.42. The minimum Gasteiger partial charge on any atom is -0.381 e. The summed E-state index contributed by atoms with van der Waals surface area (Å²) in [6.07, 6.45) is -8.50. The number of alkyl halides is 6. The van der Waals surface area contributed by atoms with Crippen molar-refractivity contribution in [2.75, 3.05) is 24.7 Å². The number of nitrogens with zero attached hydrogens (tertiary/aromatic N) is 3. The van der Waals surface area contributed by atoms with E-state index in [0.29, 0.717) is 31.1 Å². The number of halogens is 7. The van der Waals surface area contributed by atoms with Crippen LogP contribution in [-0.2, 0) is 23.5 Å². The average Bonchev–Trinajstić information content (AvgIpc) is 3.40. The summed E-state index contributed by atoms with van der Waals surface area (Å²) in [5, 5.41) is 1.42. The van der Waals surface area contributed by atoms with Crippen LogP contribution >= 0.6 is 11.6 Å². The molecule has 1 saturated heterocycles. The number of aromatic amines is 1. The molecule has 0 aliphatic carbocycles. The van der Waals surface area contributed by atoms with Gasteiger partial charge in [0.2, 0.25) is 5.95 Å². The van der Waals surface area contributed by atoms with Crippen molar-refractivity contribution in [3.8, 4) is 0 Å². The molecule has 2 aromatic heterocycles. The van der Waals surface area contributed by atoms with Crippen molar-refractivity contribution in [2.45, 2.75) is 37.7 Å². The van der Waals surface area contributed by atoms with Gasteiger partial charge < -0.3 is 14.6 Å². The Balaban J connectivity index is 1.64. The van der Waals surface area contributed by atoms with Crippen molar-refractivity contribution >= 4 is 28.5 Å². The van der Waals surface area contributed by atoms with Crippen LogP contribution in [0.15, 0.2) is 24.3 Å². The number of aromatic nitrogens is 3. The van der Waals surface area contributed by atoms with Crippen LogP contribution in [0.25, 0.3) is 10.9 Å². The highest BCUT2D eigenvalue weighted by Crippen LogP contribution is 2.42. The van der Waals surface area contributed by atoms with Gasteiger partial charge in [-0.1, -0.05) is 11.6 Å². The van der Waals surface area contributed by atoms with Crippen molar-refractivity contribution in [3.63, 3.8) is 0 Å². The number of benzene rings is 1. The minimum absolute atomic E-state index is 0.0520. The summed E-state index contributed by atoms with van der Waals surface area (Å²) in [6, 6.07) is 4.73. The fourth-order valence-electron chi connectivity index (χ4n) is 4.76. The van der Waals surface area contributed by atoms with Gasteiger partial charge in [0, 0.05) is 41.4 Å². The fraction of sp³-hybridized carbons (Fsp3) is 0.455. The topological polar surface area (TPSA) is 54.0 Å². The second-order valence-corrected chi connectivity index (χ2v) is 9.00. The molecule has 2 atom stereocenters. The molecule has 2 aliphatic heterocycles. The Morgan fingerprint density at radius 1 is 1.06 bits per heavy atom. The van der Waals surface area contributed by atoms with E-state index in [1.54, 1.807) is 18.2 Å². The normalized spacial score (nSPS) is 21.3. The summed E-state index contributed by atoms with van der Waals surface area (Å²) < 4.78 is 86.1. The van der Waals surface area contributed by atoms with Gasteiger partial charge in [-0.05, 0) is 55.0 Å². The van der Waals surface area contributed by atoms with Crippen LogP contribution in [0.4, 0.5) is 32.3 Å². The molecule has 0 spiro atoms. The molecule has 0 amide bonds. The van der Waals surface area contributed by atoms with Crippen LogP contribution in [0.2, 0.25) is 5.02 Å². The highest BCUT2D eigenvalue weighted by molar-refractivity contribution is 6.31. The molecule has 1 N–H and O–H groups in total. The van der Waals surface area contributed by atoms with Gasteiger partial charge in [0.15, 0.2) is 11.4 Å². The zero-order valence-electron chi connectivity index (χ0n) is 17.6. The summed E-state index contributed by atoms with van der Waals surface area (Å²) in [6.45, 7) is 1.19. The first-order valence-electron chi connectivity index (χ1n) is 10.7. The Morgan fingerprint density at radius 3 is 2.38 bits per heavy atom. The number of nitrogens with one attached hydrogen (secondary N) is 1. The van der Waals surface area contributed by atoms with Crippen LogP contribution in [-0.4, -0.2) is 34.7 Å². The summed E-state index contributed by atoms with van der Waals surface area (Å²) in [7, 11) is 0. The molecule has 0 bridgehead atoms. The molecular formula is C22H19ClF6N4O.